The molecule has 1 aliphatic rings. The van der Waals surface area contributed by atoms with E-state index < -0.39 is 6.10 Å². The summed E-state index contributed by atoms with van der Waals surface area (Å²) in [5, 5.41) is 13.5. The molecular formula is C20H24N2O2. The maximum absolute atomic E-state index is 12.4. The molecule has 1 aliphatic carbocycles. The van der Waals surface area contributed by atoms with Gasteiger partial charge in [0.25, 0.3) is 0 Å². The number of rotatable bonds is 5. The van der Waals surface area contributed by atoms with Crippen molar-refractivity contribution in [3.8, 4) is 0 Å². The van der Waals surface area contributed by atoms with Crippen LogP contribution in [0.5, 0.6) is 0 Å². The summed E-state index contributed by atoms with van der Waals surface area (Å²) in [5.74, 6) is -0.0541. The Morgan fingerprint density at radius 2 is 1.92 bits per heavy atom. The van der Waals surface area contributed by atoms with Gasteiger partial charge in [-0.05, 0) is 42.6 Å². The van der Waals surface area contributed by atoms with Gasteiger partial charge in [0.1, 0.15) is 0 Å². The van der Waals surface area contributed by atoms with Crippen molar-refractivity contribution >= 4 is 11.6 Å². The predicted octanol–water partition coefficient (Wildman–Crippen LogP) is 2.78. The van der Waals surface area contributed by atoms with E-state index in [-0.39, 0.29) is 18.5 Å². The van der Waals surface area contributed by atoms with Crippen LogP contribution in [0.3, 0.4) is 0 Å². The van der Waals surface area contributed by atoms with Gasteiger partial charge in [-0.3, -0.25) is 9.69 Å². The number of hydrogen-bond donors (Lipinski definition) is 2. The molecule has 0 heterocycles. The van der Waals surface area contributed by atoms with Crippen molar-refractivity contribution in [1.29, 1.82) is 0 Å². The van der Waals surface area contributed by atoms with Gasteiger partial charge in [-0.25, -0.2) is 0 Å². The van der Waals surface area contributed by atoms with Crippen LogP contribution >= 0.6 is 0 Å². The SMILES string of the molecule is CCc1ccccc1NC(=O)CN(C)C1Cc2ccccc2C1O. The van der Waals surface area contributed by atoms with E-state index in [4.69, 9.17) is 0 Å². The molecule has 1 amide bonds. The van der Waals surface area contributed by atoms with Crippen LogP contribution < -0.4 is 5.32 Å². The standard InChI is InChI=1S/C20H24N2O2/c1-3-14-8-5-7-11-17(14)21-19(23)13-22(2)18-12-15-9-4-6-10-16(15)20(18)24/h4-11,18,20,24H,3,12-13H2,1-2H3,(H,21,23). The van der Waals surface area contributed by atoms with Crippen LogP contribution in [0.25, 0.3) is 0 Å². The highest BCUT2D eigenvalue weighted by molar-refractivity contribution is 5.93. The number of para-hydroxylation sites is 1. The molecule has 0 aliphatic heterocycles. The molecule has 24 heavy (non-hydrogen) atoms. The van der Waals surface area contributed by atoms with Gasteiger partial charge in [-0.1, -0.05) is 49.4 Å². The summed E-state index contributed by atoms with van der Waals surface area (Å²) >= 11 is 0. The second kappa shape index (κ2) is 7.16. The molecule has 2 unspecified atom stereocenters. The molecule has 2 N–H and O–H groups in total. The molecule has 126 valence electrons. The molecule has 0 bridgehead atoms. The maximum Gasteiger partial charge on any atom is 0.238 e. The van der Waals surface area contributed by atoms with E-state index in [2.05, 4.69) is 12.2 Å². The number of aliphatic hydroxyl groups excluding tert-OH is 1. The van der Waals surface area contributed by atoms with E-state index >= 15 is 0 Å². The average molecular weight is 324 g/mol. The number of fused-ring (bicyclic) bond motifs is 1. The lowest BCUT2D eigenvalue weighted by atomic mass is 10.1. The van der Waals surface area contributed by atoms with E-state index in [1.807, 2.05) is 60.5 Å². The first-order valence-corrected chi connectivity index (χ1v) is 8.44. The van der Waals surface area contributed by atoms with Gasteiger partial charge in [-0.15, -0.1) is 0 Å². The largest absolute Gasteiger partial charge is 0.387 e. The molecule has 0 aromatic heterocycles. The molecule has 0 spiro atoms. The molecule has 0 radical (unpaired) electrons. The van der Waals surface area contributed by atoms with Crippen molar-refractivity contribution in [2.75, 3.05) is 18.9 Å². The Labute approximate surface area is 143 Å². The smallest absolute Gasteiger partial charge is 0.238 e. The van der Waals surface area contributed by atoms with E-state index in [0.29, 0.717) is 0 Å². The van der Waals surface area contributed by atoms with Gasteiger partial charge in [0.15, 0.2) is 0 Å². The van der Waals surface area contributed by atoms with Crippen molar-refractivity contribution in [2.24, 2.45) is 0 Å². The van der Waals surface area contributed by atoms with Crippen molar-refractivity contribution in [3.63, 3.8) is 0 Å². The third-order valence-corrected chi connectivity index (χ3v) is 4.80. The Morgan fingerprint density at radius 1 is 1.21 bits per heavy atom. The van der Waals surface area contributed by atoms with Gasteiger partial charge in [-0.2, -0.15) is 0 Å². The zero-order chi connectivity index (χ0) is 17.1. The number of anilines is 1. The van der Waals surface area contributed by atoms with E-state index in [9.17, 15) is 9.90 Å². The fraction of sp³-hybridized carbons (Fsp3) is 0.350. The first-order chi connectivity index (χ1) is 11.6. The second-order valence-electron chi connectivity index (χ2n) is 6.39. The van der Waals surface area contributed by atoms with Gasteiger partial charge in [0.2, 0.25) is 5.91 Å². The fourth-order valence-corrected chi connectivity index (χ4v) is 3.43. The molecule has 2 aromatic rings. The van der Waals surface area contributed by atoms with Crippen LogP contribution in [0.2, 0.25) is 0 Å². The highest BCUT2D eigenvalue weighted by Crippen LogP contribution is 2.33. The van der Waals surface area contributed by atoms with Gasteiger partial charge < -0.3 is 10.4 Å². The summed E-state index contributed by atoms with van der Waals surface area (Å²) in [6.07, 6.45) is 1.11. The zero-order valence-electron chi connectivity index (χ0n) is 14.2. The number of carbonyl (C=O) groups is 1. The van der Waals surface area contributed by atoms with E-state index in [1.165, 1.54) is 5.56 Å². The van der Waals surface area contributed by atoms with Crippen molar-refractivity contribution in [2.45, 2.75) is 31.9 Å². The van der Waals surface area contributed by atoms with Crippen LogP contribution in [0.4, 0.5) is 5.69 Å². The Morgan fingerprint density at radius 3 is 2.67 bits per heavy atom. The lowest BCUT2D eigenvalue weighted by Crippen LogP contribution is -2.40. The molecule has 2 atom stereocenters. The number of nitrogens with zero attached hydrogens (tertiary/aromatic N) is 1. The minimum atomic E-state index is -0.540. The van der Waals surface area contributed by atoms with Gasteiger partial charge in [0.05, 0.1) is 12.6 Å². The van der Waals surface area contributed by atoms with Crippen molar-refractivity contribution in [1.82, 2.24) is 4.90 Å². The number of likely N-dealkylation sites (N-methyl/N-ethyl adjacent to an activating group) is 1. The first-order valence-electron chi connectivity index (χ1n) is 8.44. The quantitative estimate of drug-likeness (QED) is 0.889. The van der Waals surface area contributed by atoms with Crippen LogP contribution in [0.1, 0.15) is 29.7 Å². The zero-order valence-corrected chi connectivity index (χ0v) is 14.2. The van der Waals surface area contributed by atoms with Gasteiger partial charge >= 0.3 is 0 Å². The highest BCUT2D eigenvalue weighted by atomic mass is 16.3. The lowest BCUT2D eigenvalue weighted by Gasteiger charge is -2.26. The summed E-state index contributed by atoms with van der Waals surface area (Å²) in [6, 6.07) is 15.7. The number of carbonyl (C=O) groups excluding carboxylic acids is 1. The third-order valence-electron chi connectivity index (χ3n) is 4.80. The summed E-state index contributed by atoms with van der Waals surface area (Å²) in [4.78, 5) is 14.3. The van der Waals surface area contributed by atoms with Crippen LogP contribution in [0, 0.1) is 0 Å². The maximum atomic E-state index is 12.4. The third kappa shape index (κ3) is 3.35. The number of aryl methyl sites for hydroxylation is 1. The Kier molecular flexibility index (Phi) is 4.97. The average Bonchev–Trinajstić information content (AvgIpc) is 2.93. The molecule has 3 rings (SSSR count). The minimum absolute atomic E-state index is 0.0541. The van der Waals surface area contributed by atoms with Crippen molar-refractivity contribution in [3.05, 3.63) is 65.2 Å². The summed E-state index contributed by atoms with van der Waals surface area (Å²) in [6.45, 7) is 2.33. The van der Waals surface area contributed by atoms with E-state index in [1.54, 1.807) is 0 Å². The fourth-order valence-electron chi connectivity index (χ4n) is 3.43. The Bertz CT molecular complexity index is 729. The summed E-state index contributed by atoms with van der Waals surface area (Å²) in [7, 11) is 1.89. The van der Waals surface area contributed by atoms with Crippen LogP contribution in [-0.2, 0) is 17.6 Å². The minimum Gasteiger partial charge on any atom is -0.387 e. The molecule has 0 saturated carbocycles. The second-order valence-corrected chi connectivity index (χ2v) is 6.39. The Hall–Kier alpha value is -2.17. The van der Waals surface area contributed by atoms with Crippen LogP contribution in [-0.4, -0.2) is 35.5 Å². The molecule has 2 aromatic carbocycles. The molecule has 4 heteroatoms. The number of benzene rings is 2. The number of aliphatic hydroxyl groups is 1. The van der Waals surface area contributed by atoms with Crippen LogP contribution in [0.15, 0.2) is 48.5 Å². The highest BCUT2D eigenvalue weighted by Gasteiger charge is 2.33. The summed E-state index contributed by atoms with van der Waals surface area (Å²) in [5.41, 5.74) is 4.14. The molecule has 4 nitrogen and oxygen atoms in total. The lowest BCUT2D eigenvalue weighted by molar-refractivity contribution is -0.118. The number of amides is 1. The van der Waals surface area contributed by atoms with Crippen molar-refractivity contribution < 1.29 is 9.90 Å². The molecule has 0 fully saturated rings. The molecule has 0 saturated heterocycles. The normalized spacial score (nSPS) is 19.3. The topological polar surface area (TPSA) is 52.6 Å². The number of nitrogens with one attached hydrogen (secondary N) is 1. The summed E-state index contributed by atoms with van der Waals surface area (Å²) < 4.78 is 0. The van der Waals surface area contributed by atoms with Gasteiger partial charge in [0, 0.05) is 11.7 Å². The first kappa shape index (κ1) is 16.7. The monoisotopic (exact) mass is 324 g/mol. The molecular weight excluding hydrogens is 300 g/mol. The Balaban J connectivity index is 1.63. The predicted molar refractivity (Wildman–Crippen MR) is 96.0 cm³/mol. The van der Waals surface area contributed by atoms with E-state index in [0.717, 1.165) is 29.7 Å². The number of hydrogen-bond acceptors (Lipinski definition) is 3.